The number of carbonyl (C=O) groups is 1. The molecule has 100 valence electrons. The SMILES string of the molecule is CC(C)(C)[Si](C)(C)O[C@@H]1CN(C(=O)O)C[C@H]1O. The second-order valence-electron chi connectivity index (χ2n) is 6.17. The van der Waals surface area contributed by atoms with Crippen LogP contribution in [0, 0.1) is 0 Å². The van der Waals surface area contributed by atoms with E-state index in [2.05, 4.69) is 33.9 Å². The lowest BCUT2D eigenvalue weighted by atomic mass is 10.2. The number of carboxylic acid groups (broad SMARTS) is 1. The zero-order valence-electron chi connectivity index (χ0n) is 11.2. The Kier molecular flexibility index (Phi) is 3.90. The van der Waals surface area contributed by atoms with Crippen LogP contribution in [0.15, 0.2) is 0 Å². The van der Waals surface area contributed by atoms with E-state index in [1.165, 1.54) is 4.90 Å². The number of nitrogens with zero attached hydrogens (tertiary/aromatic N) is 1. The molecule has 6 heteroatoms. The van der Waals surface area contributed by atoms with E-state index in [0.717, 1.165) is 0 Å². The molecule has 1 aliphatic heterocycles. The Morgan fingerprint density at radius 1 is 1.35 bits per heavy atom. The summed E-state index contributed by atoms with van der Waals surface area (Å²) in [7, 11) is -1.96. The molecule has 0 radical (unpaired) electrons. The van der Waals surface area contributed by atoms with Gasteiger partial charge in [-0.2, -0.15) is 0 Å². The molecule has 0 bridgehead atoms. The van der Waals surface area contributed by atoms with Crippen LogP contribution in [0.4, 0.5) is 4.79 Å². The second-order valence-corrected chi connectivity index (χ2v) is 10.9. The summed E-state index contributed by atoms with van der Waals surface area (Å²) < 4.78 is 6.04. The Morgan fingerprint density at radius 2 is 1.88 bits per heavy atom. The van der Waals surface area contributed by atoms with Crippen molar-refractivity contribution in [3.63, 3.8) is 0 Å². The Bertz CT molecular complexity index is 300. The van der Waals surface area contributed by atoms with E-state index in [-0.39, 0.29) is 24.2 Å². The van der Waals surface area contributed by atoms with E-state index in [1.54, 1.807) is 0 Å². The van der Waals surface area contributed by atoms with Crippen molar-refractivity contribution in [2.24, 2.45) is 0 Å². The summed E-state index contributed by atoms with van der Waals surface area (Å²) in [5.74, 6) is 0. The normalized spacial score (nSPS) is 26.4. The van der Waals surface area contributed by atoms with Crippen LogP contribution in [0.1, 0.15) is 20.8 Å². The van der Waals surface area contributed by atoms with E-state index < -0.39 is 20.5 Å². The smallest absolute Gasteiger partial charge is 0.407 e. The first-order valence-electron chi connectivity index (χ1n) is 5.88. The molecule has 1 heterocycles. The molecule has 1 amide bonds. The van der Waals surface area contributed by atoms with E-state index in [1.807, 2.05) is 0 Å². The van der Waals surface area contributed by atoms with Gasteiger partial charge in [0, 0.05) is 0 Å². The molecular weight excluding hydrogens is 238 g/mol. The molecule has 0 unspecified atom stereocenters. The zero-order valence-corrected chi connectivity index (χ0v) is 12.2. The van der Waals surface area contributed by atoms with E-state index in [0.29, 0.717) is 0 Å². The van der Waals surface area contributed by atoms with Gasteiger partial charge in [-0.25, -0.2) is 4.79 Å². The number of rotatable bonds is 2. The minimum Gasteiger partial charge on any atom is -0.465 e. The van der Waals surface area contributed by atoms with Crippen molar-refractivity contribution >= 4 is 14.4 Å². The lowest BCUT2D eigenvalue weighted by Crippen LogP contribution is -2.47. The molecule has 17 heavy (non-hydrogen) atoms. The molecule has 0 saturated carbocycles. The molecule has 1 fully saturated rings. The molecule has 5 nitrogen and oxygen atoms in total. The van der Waals surface area contributed by atoms with E-state index in [9.17, 15) is 9.90 Å². The summed E-state index contributed by atoms with van der Waals surface area (Å²) in [5.41, 5.74) is 0. The Labute approximate surface area is 104 Å². The van der Waals surface area contributed by atoms with E-state index in [4.69, 9.17) is 9.53 Å². The first-order valence-corrected chi connectivity index (χ1v) is 8.79. The van der Waals surface area contributed by atoms with Crippen molar-refractivity contribution in [2.75, 3.05) is 13.1 Å². The van der Waals surface area contributed by atoms with Gasteiger partial charge in [-0.05, 0) is 18.1 Å². The summed E-state index contributed by atoms with van der Waals surface area (Å²) in [6, 6.07) is 0. The molecule has 2 atom stereocenters. The van der Waals surface area contributed by atoms with Gasteiger partial charge in [0.2, 0.25) is 0 Å². The number of aliphatic hydroxyl groups excluding tert-OH is 1. The number of hydrogen-bond donors (Lipinski definition) is 2. The van der Waals surface area contributed by atoms with Gasteiger partial charge in [0.1, 0.15) is 0 Å². The van der Waals surface area contributed by atoms with Gasteiger partial charge in [-0.15, -0.1) is 0 Å². The third kappa shape index (κ3) is 3.20. The van der Waals surface area contributed by atoms with Crippen LogP contribution < -0.4 is 0 Å². The minimum absolute atomic E-state index is 0.0589. The van der Waals surface area contributed by atoms with Crippen molar-refractivity contribution in [1.82, 2.24) is 4.90 Å². The molecule has 0 spiro atoms. The van der Waals surface area contributed by atoms with Crippen LogP contribution in [0.25, 0.3) is 0 Å². The van der Waals surface area contributed by atoms with Crippen molar-refractivity contribution < 1.29 is 19.4 Å². The third-order valence-electron chi connectivity index (χ3n) is 3.76. The van der Waals surface area contributed by atoms with Crippen LogP contribution >= 0.6 is 0 Å². The lowest BCUT2D eigenvalue weighted by molar-refractivity contribution is 0.0643. The Morgan fingerprint density at radius 3 is 2.24 bits per heavy atom. The maximum Gasteiger partial charge on any atom is 0.407 e. The summed E-state index contributed by atoms with van der Waals surface area (Å²) in [4.78, 5) is 12.0. The van der Waals surface area contributed by atoms with Gasteiger partial charge in [0.25, 0.3) is 0 Å². The summed E-state index contributed by atoms with van der Waals surface area (Å²) in [5, 5.41) is 18.8. The molecule has 0 aromatic carbocycles. The van der Waals surface area contributed by atoms with Crippen LogP contribution in [0.3, 0.4) is 0 Å². The molecule has 1 rings (SSSR count). The Balaban J connectivity index is 2.68. The fourth-order valence-electron chi connectivity index (χ4n) is 1.58. The average Bonchev–Trinajstić information content (AvgIpc) is 2.45. The second kappa shape index (κ2) is 4.59. The first-order chi connectivity index (χ1) is 7.54. The lowest BCUT2D eigenvalue weighted by Gasteiger charge is -2.38. The Hall–Kier alpha value is -0.593. The number of hydrogen-bond acceptors (Lipinski definition) is 3. The van der Waals surface area contributed by atoms with Crippen molar-refractivity contribution in [3.05, 3.63) is 0 Å². The van der Waals surface area contributed by atoms with Gasteiger partial charge in [0.05, 0.1) is 25.3 Å². The van der Waals surface area contributed by atoms with Gasteiger partial charge < -0.3 is 19.5 Å². The largest absolute Gasteiger partial charge is 0.465 e. The number of β-amino-alcohol motifs (C(OH)–C–C–N with tert-alkyl or cyclic N) is 1. The average molecular weight is 261 g/mol. The van der Waals surface area contributed by atoms with Crippen molar-refractivity contribution in [2.45, 2.75) is 51.1 Å². The van der Waals surface area contributed by atoms with Crippen LogP contribution in [0.5, 0.6) is 0 Å². The highest BCUT2D eigenvalue weighted by atomic mass is 28.4. The van der Waals surface area contributed by atoms with E-state index >= 15 is 0 Å². The fourth-order valence-corrected chi connectivity index (χ4v) is 2.93. The molecule has 1 saturated heterocycles. The highest BCUT2D eigenvalue weighted by Gasteiger charge is 2.43. The highest BCUT2D eigenvalue weighted by Crippen LogP contribution is 2.38. The maximum atomic E-state index is 10.8. The maximum absolute atomic E-state index is 10.8. The van der Waals surface area contributed by atoms with Crippen LogP contribution in [-0.4, -0.2) is 54.8 Å². The predicted molar refractivity (Wildman–Crippen MR) is 67.7 cm³/mol. The zero-order chi connectivity index (χ0) is 13.4. The fraction of sp³-hybridized carbons (Fsp3) is 0.909. The first kappa shape index (κ1) is 14.5. The molecular formula is C11H23NO4Si. The van der Waals surface area contributed by atoms with Crippen LogP contribution in [0.2, 0.25) is 18.1 Å². The highest BCUT2D eigenvalue weighted by molar-refractivity contribution is 6.74. The summed E-state index contributed by atoms with van der Waals surface area (Å²) in [6.45, 7) is 11.0. The molecule has 0 aliphatic carbocycles. The molecule has 0 aromatic rings. The van der Waals surface area contributed by atoms with Crippen molar-refractivity contribution in [3.8, 4) is 0 Å². The number of likely N-dealkylation sites (tertiary alicyclic amines) is 1. The topological polar surface area (TPSA) is 70.0 Å². The molecule has 0 aromatic heterocycles. The molecule has 1 aliphatic rings. The summed E-state index contributed by atoms with van der Waals surface area (Å²) >= 11 is 0. The van der Waals surface area contributed by atoms with Gasteiger partial charge in [0.15, 0.2) is 8.32 Å². The summed E-state index contributed by atoms with van der Waals surface area (Å²) in [6.07, 6.45) is -2.09. The minimum atomic E-state index is -1.96. The number of aliphatic hydroxyl groups is 1. The van der Waals surface area contributed by atoms with Crippen LogP contribution in [-0.2, 0) is 4.43 Å². The quantitative estimate of drug-likeness (QED) is 0.743. The molecule has 2 N–H and O–H groups in total. The predicted octanol–water partition coefficient (Wildman–Crippen LogP) is 1.73. The number of amides is 1. The monoisotopic (exact) mass is 261 g/mol. The standard InChI is InChI=1S/C11H23NO4Si/c1-11(2,3)17(4,5)16-9-7-12(10(14)15)6-8(9)13/h8-9,13H,6-7H2,1-5H3,(H,14,15)/t8-,9-/m1/s1. The van der Waals surface area contributed by atoms with Gasteiger partial charge >= 0.3 is 6.09 Å². The van der Waals surface area contributed by atoms with Gasteiger partial charge in [-0.1, -0.05) is 20.8 Å². The van der Waals surface area contributed by atoms with Gasteiger partial charge in [-0.3, -0.25) is 0 Å². The third-order valence-corrected chi connectivity index (χ3v) is 8.26. The van der Waals surface area contributed by atoms with Crippen molar-refractivity contribution in [1.29, 1.82) is 0 Å².